The van der Waals surface area contributed by atoms with Crippen molar-refractivity contribution < 1.29 is 53.6 Å². The molecule has 11 heteroatoms. The van der Waals surface area contributed by atoms with E-state index in [1.54, 1.807) is 0 Å². The molecule has 4 N–H and O–H groups in total. The number of rotatable bonds is 4. The van der Waals surface area contributed by atoms with Crippen LogP contribution in [0.5, 0.6) is 0 Å². The van der Waals surface area contributed by atoms with Crippen molar-refractivity contribution in [2.45, 2.75) is 74.0 Å². The number of hydrogen-bond acceptors (Lipinski definition) is 11. The summed E-state index contributed by atoms with van der Waals surface area (Å²) >= 11 is 0. The Balaban J connectivity index is 1.09. The van der Waals surface area contributed by atoms with Gasteiger partial charge in [-0.15, -0.1) is 0 Å². The van der Waals surface area contributed by atoms with E-state index < -0.39 is 74.0 Å². The first-order chi connectivity index (χ1) is 18.0. The van der Waals surface area contributed by atoms with E-state index in [2.05, 4.69) is 0 Å². The molecule has 0 amide bonds. The van der Waals surface area contributed by atoms with Crippen molar-refractivity contribution in [3.63, 3.8) is 0 Å². The Labute approximate surface area is 213 Å². The molecule has 0 spiro atoms. The Morgan fingerprint density at radius 3 is 1.35 bits per heavy atom. The second kappa shape index (κ2) is 10.6. The van der Waals surface area contributed by atoms with E-state index in [-0.39, 0.29) is 13.2 Å². The summed E-state index contributed by atoms with van der Waals surface area (Å²) in [5.74, 6) is 0. The van der Waals surface area contributed by atoms with Crippen molar-refractivity contribution in [2.24, 2.45) is 0 Å². The van der Waals surface area contributed by atoms with E-state index in [1.807, 2.05) is 60.7 Å². The van der Waals surface area contributed by atoms with Gasteiger partial charge in [0.05, 0.1) is 13.2 Å². The minimum Gasteiger partial charge on any atom is -0.387 e. The van der Waals surface area contributed by atoms with Gasteiger partial charge in [0.15, 0.2) is 25.2 Å². The average molecular weight is 519 g/mol. The monoisotopic (exact) mass is 518 g/mol. The van der Waals surface area contributed by atoms with E-state index in [1.165, 1.54) is 0 Å². The first-order valence-electron chi connectivity index (χ1n) is 12.3. The molecular weight excluding hydrogens is 488 g/mol. The summed E-state index contributed by atoms with van der Waals surface area (Å²) in [5, 5.41) is 43.1. The molecule has 4 saturated heterocycles. The van der Waals surface area contributed by atoms with Crippen LogP contribution in [0.3, 0.4) is 0 Å². The summed E-state index contributed by atoms with van der Waals surface area (Å²) in [6.07, 6.45) is -13.1. The minimum absolute atomic E-state index is 0.0812. The summed E-state index contributed by atoms with van der Waals surface area (Å²) in [6.45, 7) is 0.162. The topological polar surface area (TPSA) is 146 Å². The normalized spacial score (nSPS) is 44.0. The molecular formula is C26H30O11. The molecule has 0 radical (unpaired) electrons. The van der Waals surface area contributed by atoms with Gasteiger partial charge in [-0.2, -0.15) is 0 Å². The van der Waals surface area contributed by atoms with Gasteiger partial charge in [-0.25, -0.2) is 0 Å². The van der Waals surface area contributed by atoms with Crippen LogP contribution in [0.1, 0.15) is 23.7 Å². The van der Waals surface area contributed by atoms with Crippen LogP contribution in [0.2, 0.25) is 0 Å². The van der Waals surface area contributed by atoms with Crippen LogP contribution in [0.25, 0.3) is 0 Å². The molecule has 6 rings (SSSR count). The lowest BCUT2D eigenvalue weighted by molar-refractivity contribution is -0.412. The van der Waals surface area contributed by atoms with Crippen molar-refractivity contribution in [3.05, 3.63) is 71.8 Å². The maximum absolute atomic E-state index is 10.8. The van der Waals surface area contributed by atoms with E-state index in [0.29, 0.717) is 0 Å². The van der Waals surface area contributed by atoms with Crippen LogP contribution in [0.15, 0.2) is 60.7 Å². The molecule has 200 valence electrons. The second-order valence-corrected chi connectivity index (χ2v) is 9.54. The number of benzene rings is 2. The van der Waals surface area contributed by atoms with Crippen molar-refractivity contribution in [1.29, 1.82) is 0 Å². The molecule has 0 saturated carbocycles. The van der Waals surface area contributed by atoms with Crippen LogP contribution in [-0.2, 0) is 33.2 Å². The lowest BCUT2D eigenvalue weighted by Gasteiger charge is -2.49. The van der Waals surface area contributed by atoms with Crippen LogP contribution >= 0.6 is 0 Å². The summed E-state index contributed by atoms with van der Waals surface area (Å²) in [5.41, 5.74) is 1.55. The van der Waals surface area contributed by atoms with Gasteiger partial charge in [-0.3, -0.25) is 0 Å². The zero-order valence-electron chi connectivity index (χ0n) is 19.8. The zero-order valence-corrected chi connectivity index (χ0v) is 19.8. The summed E-state index contributed by atoms with van der Waals surface area (Å²) in [7, 11) is 0. The SMILES string of the molecule is O[C@@H]1[C@H](O[C@@H]2O[C@@H]3CO[C@H](c4ccccc4)O[C@H]3[C@@H](O)[C@@H]2O)O[C@@H]2CO[C@H](c3ccccc3)O[C@@H]2[C@@H]1O. The van der Waals surface area contributed by atoms with Crippen molar-refractivity contribution in [1.82, 2.24) is 0 Å². The van der Waals surface area contributed by atoms with Gasteiger partial charge in [-0.05, 0) is 0 Å². The predicted molar refractivity (Wildman–Crippen MR) is 122 cm³/mol. The average Bonchev–Trinajstić information content (AvgIpc) is 2.95. The van der Waals surface area contributed by atoms with Crippen molar-refractivity contribution >= 4 is 0 Å². The number of ether oxygens (including phenoxy) is 7. The molecule has 11 nitrogen and oxygen atoms in total. The third kappa shape index (κ3) is 4.93. The Bertz CT molecular complexity index is 940. The zero-order chi connectivity index (χ0) is 25.5. The Morgan fingerprint density at radius 1 is 0.541 bits per heavy atom. The first kappa shape index (κ1) is 25.3. The molecule has 0 bridgehead atoms. The molecule has 4 aliphatic rings. The molecule has 2 aromatic carbocycles. The molecule has 2 aromatic rings. The summed E-state index contributed by atoms with van der Waals surface area (Å²) in [6, 6.07) is 18.5. The van der Waals surface area contributed by atoms with Crippen LogP contribution in [0, 0.1) is 0 Å². The van der Waals surface area contributed by atoms with Gasteiger partial charge in [0.1, 0.15) is 48.8 Å². The minimum atomic E-state index is -1.51. The lowest BCUT2D eigenvalue weighted by Crippen LogP contribution is -2.66. The maximum atomic E-state index is 10.8. The van der Waals surface area contributed by atoms with Crippen LogP contribution < -0.4 is 0 Å². The fourth-order valence-electron chi connectivity index (χ4n) is 5.07. The second-order valence-electron chi connectivity index (χ2n) is 9.54. The fraction of sp³-hybridized carbons (Fsp3) is 0.538. The smallest absolute Gasteiger partial charge is 0.189 e. The Kier molecular flexibility index (Phi) is 7.27. The molecule has 0 unspecified atom stereocenters. The fourth-order valence-corrected chi connectivity index (χ4v) is 5.07. The number of hydrogen-bond donors (Lipinski definition) is 4. The molecule has 12 atom stereocenters. The quantitative estimate of drug-likeness (QED) is 0.438. The maximum Gasteiger partial charge on any atom is 0.189 e. The molecule has 0 aromatic heterocycles. The Morgan fingerprint density at radius 2 is 0.946 bits per heavy atom. The molecule has 4 aliphatic heterocycles. The highest BCUT2D eigenvalue weighted by molar-refractivity contribution is 5.17. The Hall–Kier alpha value is -2.00. The number of aliphatic hydroxyl groups is 4. The van der Waals surface area contributed by atoms with Gasteiger partial charge in [0.25, 0.3) is 0 Å². The van der Waals surface area contributed by atoms with E-state index >= 15 is 0 Å². The van der Waals surface area contributed by atoms with Crippen LogP contribution in [0.4, 0.5) is 0 Å². The molecule has 0 aliphatic carbocycles. The number of fused-ring (bicyclic) bond motifs is 2. The predicted octanol–water partition coefficient (Wildman–Crippen LogP) is 0.125. The summed E-state index contributed by atoms with van der Waals surface area (Å²) in [4.78, 5) is 0. The molecule has 37 heavy (non-hydrogen) atoms. The van der Waals surface area contributed by atoms with E-state index in [0.717, 1.165) is 11.1 Å². The van der Waals surface area contributed by atoms with Gasteiger partial charge >= 0.3 is 0 Å². The van der Waals surface area contributed by atoms with Crippen molar-refractivity contribution in [3.8, 4) is 0 Å². The summed E-state index contributed by atoms with van der Waals surface area (Å²) < 4.78 is 40.7. The first-order valence-corrected chi connectivity index (χ1v) is 12.3. The van der Waals surface area contributed by atoms with E-state index in [9.17, 15) is 20.4 Å². The van der Waals surface area contributed by atoms with Gasteiger partial charge < -0.3 is 53.6 Å². The standard InChI is InChI=1S/C26H30O11/c27-17-19(29)25(33-15-11-31-23(35-21(15)17)13-7-3-1-4-8-13)37-26-20(30)18(28)22-16(34-26)12-32-24(36-22)14-9-5-2-6-10-14/h1-10,15-30H,11-12H2/t15-,16-,17-,18+,19+,20+,21+,22-,23+,24+,25+,26+/m1/s1. The van der Waals surface area contributed by atoms with Gasteiger partial charge in [-0.1, -0.05) is 60.7 Å². The lowest BCUT2D eigenvalue weighted by atomic mass is 9.96. The third-order valence-corrected chi connectivity index (χ3v) is 7.08. The highest BCUT2D eigenvalue weighted by Crippen LogP contribution is 2.37. The number of aliphatic hydroxyl groups excluding tert-OH is 4. The van der Waals surface area contributed by atoms with Crippen LogP contribution in [-0.4, -0.2) is 95.1 Å². The largest absolute Gasteiger partial charge is 0.387 e. The van der Waals surface area contributed by atoms with E-state index in [4.69, 9.17) is 33.2 Å². The van der Waals surface area contributed by atoms with Gasteiger partial charge in [0, 0.05) is 11.1 Å². The highest BCUT2D eigenvalue weighted by atomic mass is 16.8. The molecule has 4 fully saturated rings. The highest BCUT2D eigenvalue weighted by Gasteiger charge is 2.53. The van der Waals surface area contributed by atoms with Crippen molar-refractivity contribution in [2.75, 3.05) is 13.2 Å². The third-order valence-electron chi connectivity index (χ3n) is 7.08. The molecule has 4 heterocycles. The van der Waals surface area contributed by atoms with Gasteiger partial charge in [0.2, 0.25) is 0 Å².